The van der Waals surface area contributed by atoms with E-state index in [9.17, 15) is 22.0 Å². The molecular formula is C20H20F2N2O5S. The third kappa shape index (κ3) is 4.24. The Kier molecular flexibility index (Phi) is 5.61. The SMILES string of the molecule is O=C(Nc1cc(F)cc(F)c1)C1CCN(S(=O)(=O)c2ccc3c(c2)OCCO3)CC1. The molecule has 1 saturated heterocycles. The van der Waals surface area contributed by atoms with Gasteiger partial charge in [-0.25, -0.2) is 17.2 Å². The fraction of sp³-hybridized carbons (Fsp3) is 0.350. The average Bonchev–Trinajstić information content (AvgIpc) is 2.72. The van der Waals surface area contributed by atoms with Crippen LogP contribution in [0.1, 0.15) is 12.8 Å². The van der Waals surface area contributed by atoms with Crippen LogP contribution in [0, 0.1) is 17.6 Å². The minimum absolute atomic E-state index is 0.0313. The highest BCUT2D eigenvalue weighted by molar-refractivity contribution is 7.89. The van der Waals surface area contributed by atoms with Gasteiger partial charge in [-0.05, 0) is 37.1 Å². The molecule has 2 aromatic rings. The number of carbonyl (C=O) groups excluding carboxylic acids is 1. The highest BCUT2D eigenvalue weighted by Gasteiger charge is 2.33. The number of nitrogens with one attached hydrogen (secondary N) is 1. The molecule has 2 heterocycles. The first-order valence-electron chi connectivity index (χ1n) is 9.50. The Hall–Kier alpha value is -2.72. The van der Waals surface area contributed by atoms with Gasteiger partial charge in [-0.2, -0.15) is 4.31 Å². The molecule has 10 heteroatoms. The molecule has 4 rings (SSSR count). The van der Waals surface area contributed by atoms with Gasteiger partial charge in [-0.1, -0.05) is 0 Å². The first kappa shape index (κ1) is 20.5. The van der Waals surface area contributed by atoms with E-state index in [0.29, 0.717) is 37.6 Å². The van der Waals surface area contributed by atoms with Crippen LogP contribution >= 0.6 is 0 Å². The van der Waals surface area contributed by atoms with Gasteiger partial charge in [0.2, 0.25) is 15.9 Å². The number of anilines is 1. The number of ether oxygens (including phenoxy) is 2. The van der Waals surface area contributed by atoms with E-state index in [4.69, 9.17) is 9.47 Å². The molecule has 160 valence electrons. The van der Waals surface area contributed by atoms with Crippen molar-refractivity contribution >= 4 is 21.6 Å². The normalized spacial score (nSPS) is 17.5. The van der Waals surface area contributed by atoms with Gasteiger partial charge in [0.1, 0.15) is 24.8 Å². The summed E-state index contributed by atoms with van der Waals surface area (Å²) >= 11 is 0. The molecule has 1 N–H and O–H groups in total. The molecule has 0 aromatic heterocycles. The van der Waals surface area contributed by atoms with Gasteiger partial charge in [0.25, 0.3) is 0 Å². The lowest BCUT2D eigenvalue weighted by Gasteiger charge is -2.30. The molecule has 0 atom stereocenters. The number of fused-ring (bicyclic) bond motifs is 1. The number of amides is 1. The maximum absolute atomic E-state index is 13.3. The number of benzene rings is 2. The second-order valence-corrected chi connectivity index (χ2v) is 9.07. The van der Waals surface area contributed by atoms with E-state index in [-0.39, 0.29) is 23.7 Å². The monoisotopic (exact) mass is 438 g/mol. The molecular weight excluding hydrogens is 418 g/mol. The van der Waals surface area contributed by atoms with Crippen molar-refractivity contribution in [3.05, 3.63) is 48.0 Å². The molecule has 0 spiro atoms. The molecule has 30 heavy (non-hydrogen) atoms. The third-order valence-electron chi connectivity index (χ3n) is 5.11. The number of hydrogen-bond donors (Lipinski definition) is 1. The molecule has 0 bridgehead atoms. The Morgan fingerprint density at radius 2 is 1.60 bits per heavy atom. The fourth-order valence-electron chi connectivity index (χ4n) is 3.56. The summed E-state index contributed by atoms with van der Waals surface area (Å²) in [4.78, 5) is 12.5. The van der Waals surface area contributed by atoms with Crippen LogP contribution in [0.4, 0.5) is 14.5 Å². The van der Waals surface area contributed by atoms with E-state index < -0.39 is 33.5 Å². The smallest absolute Gasteiger partial charge is 0.243 e. The van der Waals surface area contributed by atoms with Crippen molar-refractivity contribution < 1.29 is 31.5 Å². The minimum Gasteiger partial charge on any atom is -0.486 e. The van der Waals surface area contributed by atoms with E-state index in [0.717, 1.165) is 18.2 Å². The molecule has 2 aliphatic rings. The van der Waals surface area contributed by atoms with Crippen molar-refractivity contribution in [2.75, 3.05) is 31.6 Å². The maximum Gasteiger partial charge on any atom is 0.243 e. The van der Waals surface area contributed by atoms with Gasteiger partial charge >= 0.3 is 0 Å². The van der Waals surface area contributed by atoms with Crippen molar-refractivity contribution in [3.8, 4) is 11.5 Å². The number of carbonyl (C=O) groups is 1. The predicted molar refractivity (Wildman–Crippen MR) is 104 cm³/mol. The highest BCUT2D eigenvalue weighted by Crippen LogP contribution is 2.34. The molecule has 1 fully saturated rings. The van der Waals surface area contributed by atoms with Crippen molar-refractivity contribution in [1.29, 1.82) is 0 Å². The predicted octanol–water partition coefficient (Wildman–Crippen LogP) is 2.78. The van der Waals surface area contributed by atoms with Gasteiger partial charge in [-0.3, -0.25) is 4.79 Å². The van der Waals surface area contributed by atoms with Crippen LogP contribution in [0.25, 0.3) is 0 Å². The van der Waals surface area contributed by atoms with Crippen molar-refractivity contribution in [3.63, 3.8) is 0 Å². The van der Waals surface area contributed by atoms with Crippen LogP contribution in [0.3, 0.4) is 0 Å². The van der Waals surface area contributed by atoms with Crippen LogP contribution in [0.2, 0.25) is 0 Å². The number of piperidine rings is 1. The largest absolute Gasteiger partial charge is 0.486 e. The van der Waals surface area contributed by atoms with Gasteiger partial charge in [0.15, 0.2) is 11.5 Å². The van der Waals surface area contributed by atoms with Crippen LogP contribution in [0.15, 0.2) is 41.3 Å². The number of sulfonamides is 1. The molecule has 2 aromatic carbocycles. The minimum atomic E-state index is -3.75. The zero-order valence-corrected chi connectivity index (χ0v) is 16.8. The molecule has 0 unspecified atom stereocenters. The maximum atomic E-state index is 13.3. The summed E-state index contributed by atoms with van der Waals surface area (Å²) < 4.78 is 64.7. The lowest BCUT2D eigenvalue weighted by atomic mass is 9.97. The fourth-order valence-corrected chi connectivity index (χ4v) is 5.05. The quantitative estimate of drug-likeness (QED) is 0.794. The Morgan fingerprint density at radius 3 is 2.27 bits per heavy atom. The number of hydrogen-bond acceptors (Lipinski definition) is 5. The molecule has 0 aliphatic carbocycles. The summed E-state index contributed by atoms with van der Waals surface area (Å²) in [6.45, 7) is 1.09. The molecule has 7 nitrogen and oxygen atoms in total. The van der Waals surface area contributed by atoms with Crippen LogP contribution in [-0.4, -0.2) is 44.9 Å². The van der Waals surface area contributed by atoms with Gasteiger partial charge < -0.3 is 14.8 Å². The van der Waals surface area contributed by atoms with Gasteiger partial charge in [0, 0.05) is 36.8 Å². The van der Waals surface area contributed by atoms with Crippen molar-refractivity contribution in [2.24, 2.45) is 5.92 Å². The summed E-state index contributed by atoms with van der Waals surface area (Å²) in [5, 5.41) is 2.50. The second-order valence-electron chi connectivity index (χ2n) is 7.13. The molecule has 0 saturated carbocycles. The summed E-state index contributed by atoms with van der Waals surface area (Å²) in [6, 6.07) is 7.27. The van der Waals surface area contributed by atoms with Crippen LogP contribution in [-0.2, 0) is 14.8 Å². The number of rotatable bonds is 4. The lowest BCUT2D eigenvalue weighted by Crippen LogP contribution is -2.41. The topological polar surface area (TPSA) is 84.9 Å². The Morgan fingerprint density at radius 1 is 0.967 bits per heavy atom. The van der Waals surface area contributed by atoms with Gasteiger partial charge in [-0.15, -0.1) is 0 Å². The summed E-state index contributed by atoms with van der Waals surface area (Å²) in [7, 11) is -3.75. The Labute approximate surface area is 172 Å². The van der Waals surface area contributed by atoms with Crippen molar-refractivity contribution in [1.82, 2.24) is 4.31 Å². The summed E-state index contributed by atoms with van der Waals surface area (Å²) in [5.41, 5.74) is 0.0313. The number of nitrogens with zero attached hydrogens (tertiary/aromatic N) is 1. The molecule has 2 aliphatic heterocycles. The Bertz CT molecular complexity index is 1050. The Balaban J connectivity index is 1.40. The van der Waals surface area contributed by atoms with E-state index >= 15 is 0 Å². The lowest BCUT2D eigenvalue weighted by molar-refractivity contribution is -0.120. The zero-order chi connectivity index (χ0) is 21.3. The van der Waals surface area contributed by atoms with E-state index in [1.165, 1.54) is 16.4 Å². The molecule has 1 amide bonds. The van der Waals surface area contributed by atoms with E-state index in [1.54, 1.807) is 6.07 Å². The molecule has 0 radical (unpaired) electrons. The van der Waals surface area contributed by atoms with Crippen LogP contribution < -0.4 is 14.8 Å². The third-order valence-corrected chi connectivity index (χ3v) is 7.00. The summed E-state index contributed by atoms with van der Waals surface area (Å²) in [5.74, 6) is -1.53. The summed E-state index contributed by atoms with van der Waals surface area (Å²) in [6.07, 6.45) is 0.598. The highest BCUT2D eigenvalue weighted by atomic mass is 32.2. The second kappa shape index (κ2) is 8.19. The van der Waals surface area contributed by atoms with E-state index in [1.807, 2.05) is 0 Å². The average molecular weight is 438 g/mol. The number of halogens is 2. The first-order valence-corrected chi connectivity index (χ1v) is 10.9. The first-order chi connectivity index (χ1) is 14.3. The van der Waals surface area contributed by atoms with E-state index in [2.05, 4.69) is 5.32 Å². The standard InChI is InChI=1S/C20H20F2N2O5S/c21-14-9-15(22)11-16(10-14)23-20(25)13-3-5-24(6-4-13)30(26,27)17-1-2-18-19(12-17)29-8-7-28-18/h1-2,9-13H,3-8H2,(H,23,25). The van der Waals surface area contributed by atoms with Crippen molar-refractivity contribution in [2.45, 2.75) is 17.7 Å². The van der Waals surface area contributed by atoms with Crippen LogP contribution in [0.5, 0.6) is 11.5 Å². The zero-order valence-electron chi connectivity index (χ0n) is 15.9. The van der Waals surface area contributed by atoms with Gasteiger partial charge in [0.05, 0.1) is 4.90 Å².